The predicted molar refractivity (Wildman–Crippen MR) is 71.8 cm³/mol. The van der Waals surface area contributed by atoms with Gasteiger partial charge in [-0.25, -0.2) is 0 Å². The van der Waals surface area contributed by atoms with Crippen molar-refractivity contribution in [1.29, 1.82) is 0 Å². The first-order valence-electron chi connectivity index (χ1n) is 6.36. The SMILES string of the molecule is O=C(O)Cc1ccc(OCC2CCOCC2)c(Cl)c1. The lowest BCUT2D eigenvalue weighted by Crippen LogP contribution is -2.21. The second kappa shape index (κ2) is 6.78. The molecule has 0 saturated carbocycles. The number of hydrogen-bond donors (Lipinski definition) is 1. The molecule has 1 aromatic rings. The lowest BCUT2D eigenvalue weighted by Gasteiger charge is -2.22. The molecule has 1 saturated heterocycles. The Bertz CT molecular complexity index is 441. The fourth-order valence-electron chi connectivity index (χ4n) is 2.07. The molecule has 1 aliphatic heterocycles. The van der Waals surface area contributed by atoms with Gasteiger partial charge in [-0.2, -0.15) is 0 Å². The topological polar surface area (TPSA) is 55.8 Å². The van der Waals surface area contributed by atoms with Crippen molar-refractivity contribution in [2.45, 2.75) is 19.3 Å². The summed E-state index contributed by atoms with van der Waals surface area (Å²) in [4.78, 5) is 10.6. The second-order valence-electron chi connectivity index (χ2n) is 4.70. The molecule has 0 radical (unpaired) electrons. The number of carbonyl (C=O) groups is 1. The van der Waals surface area contributed by atoms with Gasteiger partial charge in [-0.3, -0.25) is 4.79 Å². The van der Waals surface area contributed by atoms with Crippen molar-refractivity contribution in [1.82, 2.24) is 0 Å². The van der Waals surface area contributed by atoms with E-state index in [0.717, 1.165) is 26.1 Å². The summed E-state index contributed by atoms with van der Waals surface area (Å²) in [6, 6.07) is 5.12. The Labute approximate surface area is 117 Å². The van der Waals surface area contributed by atoms with Crippen LogP contribution in [0, 0.1) is 5.92 Å². The van der Waals surface area contributed by atoms with Gasteiger partial charge in [-0.15, -0.1) is 0 Å². The van der Waals surface area contributed by atoms with Crippen LogP contribution in [0.3, 0.4) is 0 Å². The zero-order valence-electron chi connectivity index (χ0n) is 10.6. The van der Waals surface area contributed by atoms with Crippen molar-refractivity contribution in [3.8, 4) is 5.75 Å². The zero-order valence-corrected chi connectivity index (χ0v) is 11.4. The van der Waals surface area contributed by atoms with Gasteiger partial charge in [0.15, 0.2) is 0 Å². The van der Waals surface area contributed by atoms with Gasteiger partial charge >= 0.3 is 5.97 Å². The van der Waals surface area contributed by atoms with Crippen molar-refractivity contribution in [3.63, 3.8) is 0 Å². The number of benzene rings is 1. The largest absolute Gasteiger partial charge is 0.492 e. The maximum absolute atomic E-state index is 10.6. The number of aliphatic carboxylic acids is 1. The minimum absolute atomic E-state index is 0.0278. The third kappa shape index (κ3) is 4.40. The minimum atomic E-state index is -0.869. The molecular weight excluding hydrogens is 268 g/mol. The van der Waals surface area contributed by atoms with Crippen molar-refractivity contribution < 1.29 is 19.4 Å². The monoisotopic (exact) mass is 284 g/mol. The zero-order chi connectivity index (χ0) is 13.7. The lowest BCUT2D eigenvalue weighted by atomic mass is 10.0. The maximum atomic E-state index is 10.6. The van der Waals surface area contributed by atoms with E-state index in [2.05, 4.69) is 0 Å². The summed E-state index contributed by atoms with van der Waals surface area (Å²) in [5.74, 6) is 0.248. The highest BCUT2D eigenvalue weighted by atomic mass is 35.5. The van der Waals surface area contributed by atoms with E-state index < -0.39 is 5.97 Å². The molecule has 1 N–H and O–H groups in total. The van der Waals surface area contributed by atoms with Gasteiger partial charge < -0.3 is 14.6 Å². The molecule has 1 aromatic carbocycles. The molecule has 0 amide bonds. The van der Waals surface area contributed by atoms with Gasteiger partial charge in [-0.1, -0.05) is 17.7 Å². The van der Waals surface area contributed by atoms with Crippen LogP contribution in [0.25, 0.3) is 0 Å². The maximum Gasteiger partial charge on any atom is 0.307 e. The van der Waals surface area contributed by atoms with Crippen LogP contribution in [0.4, 0.5) is 0 Å². The summed E-state index contributed by atoms with van der Waals surface area (Å²) in [5.41, 5.74) is 0.677. The molecule has 2 rings (SSSR count). The van der Waals surface area contributed by atoms with Crippen molar-refractivity contribution in [2.75, 3.05) is 19.8 Å². The van der Waals surface area contributed by atoms with E-state index in [4.69, 9.17) is 26.2 Å². The van der Waals surface area contributed by atoms with Gasteiger partial charge in [0, 0.05) is 13.2 Å². The molecule has 1 fully saturated rings. The summed E-state index contributed by atoms with van der Waals surface area (Å²) in [6.45, 7) is 2.21. The molecule has 1 heterocycles. The average Bonchev–Trinajstić information content (AvgIpc) is 2.38. The third-order valence-corrected chi connectivity index (χ3v) is 3.46. The molecule has 104 valence electrons. The Morgan fingerprint density at radius 1 is 1.42 bits per heavy atom. The molecule has 0 aliphatic carbocycles. The van der Waals surface area contributed by atoms with Gasteiger partial charge in [0.2, 0.25) is 0 Å². The van der Waals surface area contributed by atoms with Crippen LogP contribution in [0.5, 0.6) is 5.75 Å². The Balaban J connectivity index is 1.91. The number of carboxylic acids is 1. The van der Waals surface area contributed by atoms with Crippen molar-refractivity contribution >= 4 is 17.6 Å². The Hall–Kier alpha value is -1.26. The summed E-state index contributed by atoms with van der Waals surface area (Å²) < 4.78 is 11.0. The van der Waals surface area contributed by atoms with E-state index in [9.17, 15) is 4.79 Å². The smallest absolute Gasteiger partial charge is 0.307 e. The second-order valence-corrected chi connectivity index (χ2v) is 5.11. The van der Waals surface area contributed by atoms with E-state index in [0.29, 0.717) is 28.9 Å². The molecule has 0 atom stereocenters. The fraction of sp³-hybridized carbons (Fsp3) is 0.500. The number of ether oxygens (including phenoxy) is 2. The summed E-state index contributed by atoms with van der Waals surface area (Å²) in [6.07, 6.45) is 1.99. The molecule has 0 bridgehead atoms. The highest BCUT2D eigenvalue weighted by Crippen LogP contribution is 2.27. The van der Waals surface area contributed by atoms with Crippen LogP contribution in [0.1, 0.15) is 18.4 Å². The van der Waals surface area contributed by atoms with Gasteiger partial charge in [0.25, 0.3) is 0 Å². The third-order valence-electron chi connectivity index (χ3n) is 3.17. The number of carboxylic acid groups (broad SMARTS) is 1. The normalized spacial score (nSPS) is 16.3. The molecular formula is C14H17ClO4. The average molecular weight is 285 g/mol. The number of halogens is 1. The summed E-state index contributed by atoms with van der Waals surface area (Å²) in [5, 5.41) is 9.18. The van der Waals surface area contributed by atoms with E-state index in [1.807, 2.05) is 0 Å². The van der Waals surface area contributed by atoms with Crippen LogP contribution in [0.2, 0.25) is 5.02 Å². The lowest BCUT2D eigenvalue weighted by molar-refractivity contribution is -0.136. The van der Waals surface area contributed by atoms with Crippen LogP contribution < -0.4 is 4.74 Å². The Morgan fingerprint density at radius 2 is 2.16 bits per heavy atom. The highest BCUT2D eigenvalue weighted by Gasteiger charge is 2.15. The van der Waals surface area contributed by atoms with Gasteiger partial charge in [0.1, 0.15) is 5.75 Å². The molecule has 0 unspecified atom stereocenters. The molecule has 4 nitrogen and oxygen atoms in total. The standard InChI is InChI=1S/C14H17ClO4/c15-12-7-11(8-14(16)17)1-2-13(12)19-9-10-3-5-18-6-4-10/h1-2,7,10H,3-6,8-9H2,(H,16,17). The molecule has 5 heteroatoms. The molecule has 0 spiro atoms. The Kier molecular flexibility index (Phi) is 5.05. The van der Waals surface area contributed by atoms with Crippen LogP contribution >= 0.6 is 11.6 Å². The first-order valence-corrected chi connectivity index (χ1v) is 6.73. The van der Waals surface area contributed by atoms with Crippen molar-refractivity contribution in [3.05, 3.63) is 28.8 Å². The Morgan fingerprint density at radius 3 is 2.79 bits per heavy atom. The quantitative estimate of drug-likeness (QED) is 0.903. The van der Waals surface area contributed by atoms with Crippen LogP contribution in [-0.2, 0) is 16.0 Å². The van der Waals surface area contributed by atoms with Crippen LogP contribution in [-0.4, -0.2) is 30.9 Å². The van der Waals surface area contributed by atoms with E-state index >= 15 is 0 Å². The number of hydrogen-bond acceptors (Lipinski definition) is 3. The first kappa shape index (κ1) is 14.2. The van der Waals surface area contributed by atoms with Gasteiger partial charge in [0.05, 0.1) is 18.1 Å². The molecule has 0 aromatic heterocycles. The van der Waals surface area contributed by atoms with Gasteiger partial charge in [-0.05, 0) is 36.5 Å². The molecule has 1 aliphatic rings. The fourth-order valence-corrected chi connectivity index (χ4v) is 2.32. The van der Waals surface area contributed by atoms with Crippen molar-refractivity contribution in [2.24, 2.45) is 5.92 Å². The number of rotatable bonds is 5. The highest BCUT2D eigenvalue weighted by molar-refractivity contribution is 6.32. The summed E-state index contributed by atoms with van der Waals surface area (Å²) in [7, 11) is 0. The van der Waals surface area contributed by atoms with E-state index in [1.54, 1.807) is 18.2 Å². The first-order chi connectivity index (χ1) is 9.15. The summed E-state index contributed by atoms with van der Waals surface area (Å²) >= 11 is 6.09. The van der Waals surface area contributed by atoms with E-state index in [-0.39, 0.29) is 6.42 Å². The minimum Gasteiger partial charge on any atom is -0.492 e. The van der Waals surface area contributed by atoms with E-state index in [1.165, 1.54) is 0 Å². The van der Waals surface area contributed by atoms with Crippen LogP contribution in [0.15, 0.2) is 18.2 Å². The molecule has 19 heavy (non-hydrogen) atoms. The predicted octanol–water partition coefficient (Wildman–Crippen LogP) is 2.77.